The molecule has 0 saturated heterocycles. The number of H-pyrrole nitrogens is 1. The van der Waals surface area contributed by atoms with Gasteiger partial charge in [-0.25, -0.2) is 13.2 Å². The lowest BCUT2D eigenvalue weighted by molar-refractivity contribution is 0.447. The molecule has 0 radical (unpaired) electrons. The van der Waals surface area contributed by atoms with Crippen LogP contribution in [-0.4, -0.2) is 4.98 Å². The number of aromatic nitrogens is 1. The van der Waals surface area contributed by atoms with Crippen LogP contribution < -0.4 is 0 Å². The molecule has 1 nitrogen and oxygen atoms in total. The maximum atomic E-state index is 13.2. The van der Waals surface area contributed by atoms with Crippen molar-refractivity contribution < 1.29 is 13.2 Å². The average molecular weight is 282 g/mol. The zero-order valence-electron chi connectivity index (χ0n) is 9.48. The molecule has 1 N–H and O–H groups in total. The number of benzene rings is 2. The van der Waals surface area contributed by atoms with Crippen molar-refractivity contribution in [2.45, 2.75) is 0 Å². The van der Waals surface area contributed by atoms with E-state index in [4.69, 9.17) is 11.6 Å². The number of aromatic amines is 1. The molecule has 5 heteroatoms. The summed E-state index contributed by atoms with van der Waals surface area (Å²) in [5.74, 6) is -3.90. The van der Waals surface area contributed by atoms with Crippen LogP contribution in [0.3, 0.4) is 0 Å². The Kier molecular flexibility index (Phi) is 2.75. The number of hydrogen-bond acceptors (Lipinski definition) is 0. The fourth-order valence-corrected chi connectivity index (χ4v) is 2.14. The summed E-state index contributed by atoms with van der Waals surface area (Å²) in [6.45, 7) is 0. The summed E-state index contributed by atoms with van der Waals surface area (Å²) in [5, 5.41) is 1.40. The Bertz CT molecular complexity index is 756. The Balaban J connectivity index is 2.19. The first-order valence-corrected chi connectivity index (χ1v) is 5.85. The monoisotopic (exact) mass is 281 g/mol. The van der Waals surface area contributed by atoms with Crippen LogP contribution in [0.4, 0.5) is 13.2 Å². The van der Waals surface area contributed by atoms with E-state index < -0.39 is 17.5 Å². The highest BCUT2D eigenvalue weighted by Crippen LogP contribution is 2.28. The van der Waals surface area contributed by atoms with Gasteiger partial charge in [0, 0.05) is 27.2 Å². The molecule has 0 amide bonds. The van der Waals surface area contributed by atoms with Crippen LogP contribution in [0, 0.1) is 17.5 Å². The third-order valence-electron chi connectivity index (χ3n) is 2.88. The molecule has 1 heterocycles. The Labute approximate surface area is 111 Å². The standard InChI is InChI=1S/C14H7ClF3N/c15-9-2-1-7-5-12(19-13(7)6-9)8-3-10(16)14(18)11(17)4-8/h1-6,19H. The molecule has 0 saturated carbocycles. The molecule has 0 aliphatic carbocycles. The average Bonchev–Trinajstić information content (AvgIpc) is 2.78. The second kappa shape index (κ2) is 4.31. The van der Waals surface area contributed by atoms with E-state index in [0.29, 0.717) is 10.7 Å². The lowest BCUT2D eigenvalue weighted by Crippen LogP contribution is -1.91. The first-order chi connectivity index (χ1) is 9.04. The molecular formula is C14H7ClF3N. The maximum Gasteiger partial charge on any atom is 0.194 e. The molecular weight excluding hydrogens is 275 g/mol. The molecule has 0 aliphatic heterocycles. The van der Waals surface area contributed by atoms with Crippen molar-refractivity contribution >= 4 is 22.5 Å². The van der Waals surface area contributed by atoms with Crippen molar-refractivity contribution in [1.29, 1.82) is 0 Å². The fourth-order valence-electron chi connectivity index (χ4n) is 1.97. The van der Waals surface area contributed by atoms with E-state index >= 15 is 0 Å². The summed E-state index contributed by atoms with van der Waals surface area (Å²) in [7, 11) is 0. The maximum absolute atomic E-state index is 13.2. The van der Waals surface area contributed by atoms with Crippen molar-refractivity contribution in [3.05, 3.63) is 58.9 Å². The lowest BCUT2D eigenvalue weighted by atomic mass is 10.1. The van der Waals surface area contributed by atoms with Crippen molar-refractivity contribution in [1.82, 2.24) is 4.98 Å². The summed E-state index contributed by atoms with van der Waals surface area (Å²) in [4.78, 5) is 2.99. The summed E-state index contributed by atoms with van der Waals surface area (Å²) in [6.07, 6.45) is 0. The van der Waals surface area contributed by atoms with Crippen molar-refractivity contribution in [2.75, 3.05) is 0 Å². The number of hydrogen-bond donors (Lipinski definition) is 1. The van der Waals surface area contributed by atoms with Crippen LogP contribution >= 0.6 is 11.6 Å². The van der Waals surface area contributed by atoms with E-state index in [1.54, 1.807) is 24.3 Å². The number of fused-ring (bicyclic) bond motifs is 1. The summed E-state index contributed by atoms with van der Waals surface area (Å²) in [5.41, 5.74) is 1.48. The van der Waals surface area contributed by atoms with E-state index in [1.807, 2.05) is 0 Å². The molecule has 0 aliphatic rings. The highest BCUT2D eigenvalue weighted by atomic mass is 35.5. The van der Waals surface area contributed by atoms with E-state index in [9.17, 15) is 13.2 Å². The SMILES string of the molecule is Fc1cc(-c2cc3ccc(Cl)cc3[nH]2)cc(F)c1F. The third kappa shape index (κ3) is 2.08. The van der Waals surface area contributed by atoms with Crippen LogP contribution in [0.15, 0.2) is 36.4 Å². The molecule has 2 aromatic carbocycles. The number of rotatable bonds is 1. The van der Waals surface area contributed by atoms with Crippen LogP contribution in [-0.2, 0) is 0 Å². The van der Waals surface area contributed by atoms with E-state index in [0.717, 1.165) is 23.0 Å². The Morgan fingerprint density at radius 2 is 1.58 bits per heavy atom. The smallest absolute Gasteiger partial charge is 0.194 e. The Morgan fingerprint density at radius 3 is 2.26 bits per heavy atom. The van der Waals surface area contributed by atoms with Crippen LogP contribution in [0.1, 0.15) is 0 Å². The minimum atomic E-state index is -1.47. The first-order valence-electron chi connectivity index (χ1n) is 5.48. The summed E-state index contributed by atoms with van der Waals surface area (Å²) < 4.78 is 39.3. The molecule has 19 heavy (non-hydrogen) atoms. The van der Waals surface area contributed by atoms with Gasteiger partial charge in [0.15, 0.2) is 17.5 Å². The molecule has 0 atom stereocenters. The molecule has 0 unspecified atom stereocenters. The van der Waals surface area contributed by atoms with E-state index in [2.05, 4.69) is 4.98 Å². The molecule has 0 bridgehead atoms. The second-order valence-corrected chi connectivity index (χ2v) is 4.60. The fraction of sp³-hybridized carbons (Fsp3) is 0. The van der Waals surface area contributed by atoms with Gasteiger partial charge >= 0.3 is 0 Å². The first kappa shape index (κ1) is 12.1. The Morgan fingerprint density at radius 1 is 0.895 bits per heavy atom. The predicted molar refractivity (Wildman–Crippen MR) is 68.6 cm³/mol. The van der Waals surface area contributed by atoms with Gasteiger partial charge in [0.1, 0.15) is 0 Å². The molecule has 1 aromatic heterocycles. The van der Waals surface area contributed by atoms with Gasteiger partial charge in [-0.3, -0.25) is 0 Å². The topological polar surface area (TPSA) is 15.8 Å². The van der Waals surface area contributed by atoms with Crippen molar-refractivity contribution in [2.24, 2.45) is 0 Å². The molecule has 0 fully saturated rings. The lowest BCUT2D eigenvalue weighted by Gasteiger charge is -2.00. The number of halogens is 4. The van der Waals surface area contributed by atoms with Crippen LogP contribution in [0.5, 0.6) is 0 Å². The van der Waals surface area contributed by atoms with Gasteiger partial charge in [0.2, 0.25) is 0 Å². The zero-order chi connectivity index (χ0) is 13.6. The van der Waals surface area contributed by atoms with Gasteiger partial charge in [0.25, 0.3) is 0 Å². The Hall–Kier alpha value is -1.94. The van der Waals surface area contributed by atoms with E-state index in [-0.39, 0.29) is 5.56 Å². The number of nitrogens with one attached hydrogen (secondary N) is 1. The summed E-state index contributed by atoms with van der Waals surface area (Å²) >= 11 is 5.86. The molecule has 96 valence electrons. The highest BCUT2D eigenvalue weighted by molar-refractivity contribution is 6.31. The van der Waals surface area contributed by atoms with Gasteiger partial charge in [-0.1, -0.05) is 17.7 Å². The van der Waals surface area contributed by atoms with Crippen LogP contribution in [0.25, 0.3) is 22.2 Å². The summed E-state index contributed by atoms with van der Waals surface area (Å²) in [6, 6.07) is 8.82. The van der Waals surface area contributed by atoms with E-state index in [1.165, 1.54) is 0 Å². The zero-order valence-corrected chi connectivity index (χ0v) is 10.2. The minimum Gasteiger partial charge on any atom is -0.354 e. The van der Waals surface area contributed by atoms with Crippen molar-refractivity contribution in [3.63, 3.8) is 0 Å². The highest BCUT2D eigenvalue weighted by Gasteiger charge is 2.13. The normalized spacial score (nSPS) is 11.2. The molecule has 0 spiro atoms. The van der Waals surface area contributed by atoms with Gasteiger partial charge in [-0.05, 0) is 30.3 Å². The third-order valence-corrected chi connectivity index (χ3v) is 3.11. The van der Waals surface area contributed by atoms with Crippen LogP contribution in [0.2, 0.25) is 5.02 Å². The largest absolute Gasteiger partial charge is 0.354 e. The van der Waals surface area contributed by atoms with Gasteiger partial charge < -0.3 is 4.98 Å². The van der Waals surface area contributed by atoms with Crippen molar-refractivity contribution in [3.8, 4) is 11.3 Å². The quantitative estimate of drug-likeness (QED) is 0.610. The van der Waals surface area contributed by atoms with Gasteiger partial charge in [-0.15, -0.1) is 0 Å². The van der Waals surface area contributed by atoms with Gasteiger partial charge in [-0.2, -0.15) is 0 Å². The molecule has 3 rings (SSSR count). The predicted octanol–water partition coefficient (Wildman–Crippen LogP) is 4.91. The second-order valence-electron chi connectivity index (χ2n) is 4.17. The minimum absolute atomic E-state index is 0.240. The van der Waals surface area contributed by atoms with Gasteiger partial charge in [0.05, 0.1) is 0 Å². The molecule has 3 aromatic rings.